The lowest BCUT2D eigenvalue weighted by atomic mass is 9.95. The largest absolute Gasteiger partial charge is 0.430 e. The second-order valence-corrected chi connectivity index (χ2v) is 13.0. The Morgan fingerprint density at radius 2 is 1.75 bits per heavy atom. The van der Waals surface area contributed by atoms with E-state index in [1.54, 1.807) is 11.4 Å². The van der Waals surface area contributed by atoms with Crippen LogP contribution in [-0.2, 0) is 20.4 Å². The summed E-state index contributed by atoms with van der Waals surface area (Å²) >= 11 is 1.04. The van der Waals surface area contributed by atoms with Crippen molar-refractivity contribution in [1.29, 1.82) is 0 Å². The summed E-state index contributed by atoms with van der Waals surface area (Å²) in [7, 11) is -3.87. The van der Waals surface area contributed by atoms with Crippen molar-refractivity contribution in [3.05, 3.63) is 35.5 Å². The second kappa shape index (κ2) is 10.3. The van der Waals surface area contributed by atoms with Gasteiger partial charge in [-0.1, -0.05) is 6.07 Å². The standard InChI is InChI=1S/C22H25F6N5O5S2/c23-21(24,25)20(35,22(26,27)28)13-7-29-19(30-8-13)32-4-3-31(40(36,37)18-2-1-5-39-18)9-15(32)10-33-14-6-17(34)16(33)12-38-11-14/h1-2,5,7-8,14-17,34-35H,3-4,6,9-12H2/t14-,15+,16-,17-/m0/s1. The Bertz CT molecular complexity index is 1280. The normalized spacial score (nSPS) is 27.4. The summed E-state index contributed by atoms with van der Waals surface area (Å²) in [5.41, 5.74) is -6.77. The van der Waals surface area contributed by atoms with E-state index in [0.29, 0.717) is 13.0 Å². The number of piperazine rings is 1. The Morgan fingerprint density at radius 1 is 1.07 bits per heavy atom. The average Bonchev–Trinajstić information content (AvgIpc) is 3.48. The summed E-state index contributed by atoms with van der Waals surface area (Å²) in [5.74, 6) is -0.227. The predicted octanol–water partition coefficient (Wildman–Crippen LogP) is 1.56. The molecule has 4 atom stereocenters. The van der Waals surface area contributed by atoms with E-state index in [-0.39, 0.29) is 67.4 Å². The molecule has 2 N–H and O–H groups in total. The van der Waals surface area contributed by atoms with Gasteiger partial charge < -0.3 is 19.8 Å². The summed E-state index contributed by atoms with van der Waals surface area (Å²) < 4.78 is 113. The maximum Gasteiger partial charge on any atom is 0.430 e. The molecule has 2 aromatic heterocycles. The van der Waals surface area contributed by atoms with Crippen LogP contribution in [0, 0.1) is 0 Å². The van der Waals surface area contributed by atoms with Crippen LogP contribution >= 0.6 is 11.3 Å². The van der Waals surface area contributed by atoms with Gasteiger partial charge in [-0.25, -0.2) is 18.4 Å². The molecule has 0 radical (unpaired) electrons. The van der Waals surface area contributed by atoms with E-state index < -0.39 is 45.7 Å². The van der Waals surface area contributed by atoms with Gasteiger partial charge in [-0.3, -0.25) is 4.90 Å². The molecule has 0 aliphatic carbocycles. The Hall–Kier alpha value is -2.09. The molecule has 222 valence electrons. The molecule has 3 aliphatic heterocycles. The van der Waals surface area contributed by atoms with Crippen molar-refractivity contribution in [3.63, 3.8) is 0 Å². The molecule has 0 amide bonds. The Kier molecular flexibility index (Phi) is 7.59. The minimum atomic E-state index is -6.09. The van der Waals surface area contributed by atoms with Gasteiger partial charge in [0.05, 0.1) is 31.4 Å². The van der Waals surface area contributed by atoms with Crippen LogP contribution in [0.3, 0.4) is 0 Å². The highest BCUT2D eigenvalue weighted by molar-refractivity contribution is 7.91. The maximum absolute atomic E-state index is 13.3. The summed E-state index contributed by atoms with van der Waals surface area (Å²) in [4.78, 5) is 11.0. The number of rotatable bonds is 6. The van der Waals surface area contributed by atoms with Crippen molar-refractivity contribution >= 4 is 27.3 Å². The van der Waals surface area contributed by atoms with E-state index in [4.69, 9.17) is 4.74 Å². The number of aliphatic hydroxyl groups excluding tert-OH is 1. The van der Waals surface area contributed by atoms with E-state index in [1.165, 1.54) is 15.3 Å². The molecular weight excluding hydrogens is 592 g/mol. The van der Waals surface area contributed by atoms with E-state index >= 15 is 0 Å². The summed E-state index contributed by atoms with van der Waals surface area (Å²) in [6.07, 6.45) is -11.9. The minimum Gasteiger partial charge on any atom is -0.391 e. The van der Waals surface area contributed by atoms with Crippen molar-refractivity contribution in [2.24, 2.45) is 0 Å². The highest BCUT2D eigenvalue weighted by Crippen LogP contribution is 2.49. The molecule has 18 heteroatoms. The number of aliphatic hydroxyl groups is 2. The fraction of sp³-hybridized carbons (Fsp3) is 0.636. The fourth-order valence-electron chi connectivity index (χ4n) is 5.43. The highest BCUT2D eigenvalue weighted by Gasteiger charge is 2.71. The molecule has 0 aromatic carbocycles. The third-order valence-electron chi connectivity index (χ3n) is 7.54. The SMILES string of the molecule is O=S(=O)(c1cccs1)N1CCN(c2ncc(C(O)(C(F)(F)F)C(F)(F)F)cn2)[C@@H](CN2[C@@H]3COC[C@H]2[C@@H](O)C3)C1. The summed E-state index contributed by atoms with van der Waals surface area (Å²) in [6.45, 7) is 0.658. The van der Waals surface area contributed by atoms with Gasteiger partial charge in [0.2, 0.25) is 5.95 Å². The number of fused-ring (bicyclic) bond motifs is 2. The third-order valence-corrected chi connectivity index (χ3v) is 10.8. The molecule has 2 aromatic rings. The van der Waals surface area contributed by atoms with Crippen LogP contribution in [-0.4, -0.2) is 114 Å². The molecule has 5 rings (SSSR count). The number of thiophene rings is 1. The van der Waals surface area contributed by atoms with Crippen LogP contribution in [0.2, 0.25) is 0 Å². The lowest BCUT2D eigenvalue weighted by molar-refractivity contribution is -0.376. The number of anilines is 1. The molecule has 0 spiro atoms. The summed E-state index contributed by atoms with van der Waals surface area (Å²) in [5, 5.41) is 21.7. The van der Waals surface area contributed by atoms with Crippen molar-refractivity contribution in [3.8, 4) is 0 Å². The molecule has 5 heterocycles. The molecule has 3 saturated heterocycles. The number of sulfonamides is 1. The number of hydrogen-bond donors (Lipinski definition) is 2. The van der Waals surface area contributed by atoms with Gasteiger partial charge in [-0.2, -0.15) is 30.6 Å². The molecule has 0 saturated carbocycles. The first-order valence-corrected chi connectivity index (χ1v) is 14.5. The molecule has 10 nitrogen and oxygen atoms in total. The van der Waals surface area contributed by atoms with Gasteiger partial charge in [-0.05, 0) is 17.9 Å². The zero-order valence-corrected chi connectivity index (χ0v) is 22.2. The minimum absolute atomic E-state index is 0.0142. The maximum atomic E-state index is 13.3. The molecule has 3 aliphatic rings. The van der Waals surface area contributed by atoms with Crippen molar-refractivity contribution in [2.75, 3.05) is 44.3 Å². The molecule has 3 fully saturated rings. The lowest BCUT2D eigenvalue weighted by Gasteiger charge is -2.45. The number of aromatic nitrogens is 2. The monoisotopic (exact) mass is 617 g/mol. The average molecular weight is 618 g/mol. The van der Waals surface area contributed by atoms with Crippen LogP contribution in [0.1, 0.15) is 12.0 Å². The predicted molar refractivity (Wildman–Crippen MR) is 128 cm³/mol. The van der Waals surface area contributed by atoms with E-state index in [0.717, 1.165) is 11.3 Å². The molecular formula is C22H25F6N5O5S2. The van der Waals surface area contributed by atoms with Crippen molar-refractivity contribution in [1.82, 2.24) is 19.2 Å². The van der Waals surface area contributed by atoms with E-state index in [2.05, 4.69) is 9.97 Å². The van der Waals surface area contributed by atoms with Crippen molar-refractivity contribution < 1.29 is 49.7 Å². The van der Waals surface area contributed by atoms with Crippen LogP contribution in [0.4, 0.5) is 32.3 Å². The van der Waals surface area contributed by atoms with Gasteiger partial charge in [0.25, 0.3) is 15.6 Å². The lowest BCUT2D eigenvalue weighted by Crippen LogP contribution is -2.61. The third kappa shape index (κ3) is 4.96. The van der Waals surface area contributed by atoms with Crippen LogP contribution in [0.25, 0.3) is 0 Å². The van der Waals surface area contributed by atoms with E-state index in [1.807, 2.05) is 4.90 Å². The molecule has 2 bridgehead atoms. The molecule has 0 unspecified atom stereocenters. The van der Waals surface area contributed by atoms with Crippen molar-refractivity contribution in [2.45, 2.75) is 52.8 Å². The summed E-state index contributed by atoms with van der Waals surface area (Å²) in [6, 6.07) is 1.87. The van der Waals surface area contributed by atoms with Gasteiger partial charge in [0.15, 0.2) is 0 Å². The number of nitrogens with zero attached hydrogens (tertiary/aromatic N) is 5. The first kappa shape index (κ1) is 29.4. The number of halogens is 6. The number of morpholine rings is 1. The van der Waals surface area contributed by atoms with Gasteiger partial charge in [0, 0.05) is 50.2 Å². The van der Waals surface area contributed by atoms with Crippen LogP contribution in [0.15, 0.2) is 34.1 Å². The van der Waals surface area contributed by atoms with Crippen LogP contribution < -0.4 is 4.90 Å². The smallest absolute Gasteiger partial charge is 0.391 e. The first-order valence-electron chi connectivity index (χ1n) is 12.1. The Morgan fingerprint density at radius 3 is 2.33 bits per heavy atom. The van der Waals surface area contributed by atoms with Crippen LogP contribution in [0.5, 0.6) is 0 Å². The van der Waals surface area contributed by atoms with Gasteiger partial charge in [0.1, 0.15) is 4.21 Å². The fourth-order valence-corrected chi connectivity index (χ4v) is 8.05. The quantitative estimate of drug-likeness (QED) is 0.466. The van der Waals surface area contributed by atoms with E-state index in [9.17, 15) is 45.0 Å². The number of alkyl halides is 6. The second-order valence-electron chi connectivity index (χ2n) is 9.88. The van der Waals surface area contributed by atoms with Gasteiger partial charge >= 0.3 is 12.4 Å². The zero-order valence-electron chi connectivity index (χ0n) is 20.6. The zero-order chi connectivity index (χ0) is 29.1. The number of hydrogen-bond acceptors (Lipinski definition) is 10. The first-order chi connectivity index (χ1) is 18.6. The van der Waals surface area contributed by atoms with Gasteiger partial charge in [-0.15, -0.1) is 11.3 Å². The Balaban J connectivity index is 1.45. The molecule has 40 heavy (non-hydrogen) atoms. The number of ether oxygens (including phenoxy) is 1. The highest BCUT2D eigenvalue weighted by atomic mass is 32.2. The topological polar surface area (TPSA) is 119 Å². The Labute approximate surface area is 228 Å².